The maximum Gasteiger partial charge on any atom is -0.0195 e. The van der Waals surface area contributed by atoms with Gasteiger partial charge in [0.2, 0.25) is 0 Å². The van der Waals surface area contributed by atoms with Crippen molar-refractivity contribution in [1.82, 2.24) is 4.98 Å². The molecule has 1 aromatic heterocycles. The second-order valence-electron chi connectivity index (χ2n) is 9.72. The van der Waals surface area contributed by atoms with Crippen molar-refractivity contribution in [2.75, 3.05) is 12.8 Å². The Balaban J connectivity index is -0.000000487. The summed E-state index contributed by atoms with van der Waals surface area (Å²) in [7, 11) is 1.50. The van der Waals surface area contributed by atoms with Gasteiger partial charge in [0.25, 0.3) is 0 Å². The number of aryl methyl sites for hydroxylation is 2. The van der Waals surface area contributed by atoms with Crippen LogP contribution in [0.3, 0.4) is 0 Å². The van der Waals surface area contributed by atoms with Gasteiger partial charge in [-0.05, 0) is 89.3 Å². The SMILES string of the molecule is C=C(C)C.C=C(C)c1cc(C)cnc1N.CCCCc1c(CC)cccc1C(C)(N)F.CCC[CH2][Al]=[O].CN. The normalized spacial score (nSPS) is 10.8. The summed E-state index contributed by atoms with van der Waals surface area (Å²) < 4.78 is 23.7. The van der Waals surface area contributed by atoms with Crippen LogP contribution in [-0.2, 0) is 22.4 Å². The van der Waals surface area contributed by atoms with Crippen LogP contribution in [0, 0.1) is 6.92 Å². The number of nitrogen functional groups attached to an aromatic ring is 1. The number of anilines is 1. The number of pyridine rings is 1. The minimum atomic E-state index is -1.73. The van der Waals surface area contributed by atoms with Crippen molar-refractivity contribution in [1.29, 1.82) is 0 Å². The van der Waals surface area contributed by atoms with E-state index in [1.54, 1.807) is 6.20 Å². The average Bonchev–Trinajstić information content (AvgIpc) is 2.88. The number of hydrogen-bond acceptors (Lipinski definition) is 5. The Morgan fingerprint density at radius 2 is 1.62 bits per heavy atom. The predicted octanol–water partition coefficient (Wildman–Crippen LogP) is 8.11. The summed E-state index contributed by atoms with van der Waals surface area (Å²) in [5, 5.41) is 0.941. The fourth-order valence-corrected chi connectivity index (χ4v) is 3.86. The zero-order valence-corrected chi connectivity index (χ0v) is 27.4. The maximum absolute atomic E-state index is 13.9. The van der Waals surface area contributed by atoms with Crippen molar-refractivity contribution < 1.29 is 8.19 Å². The summed E-state index contributed by atoms with van der Waals surface area (Å²) in [5.41, 5.74) is 22.9. The molecule has 0 spiro atoms. The van der Waals surface area contributed by atoms with Gasteiger partial charge in [-0.25, -0.2) is 9.37 Å². The molecule has 7 heteroatoms. The van der Waals surface area contributed by atoms with Crippen LogP contribution in [-0.4, -0.2) is 27.2 Å². The van der Waals surface area contributed by atoms with Crippen molar-refractivity contribution in [2.45, 2.75) is 105 Å². The second-order valence-corrected chi connectivity index (χ2v) is 10.6. The first-order valence-corrected chi connectivity index (χ1v) is 15.2. The number of hydrogen-bond donors (Lipinski definition) is 3. The summed E-state index contributed by atoms with van der Waals surface area (Å²) >= 11 is -0.466. The van der Waals surface area contributed by atoms with Gasteiger partial charge in [-0.1, -0.05) is 50.6 Å². The molecule has 0 aliphatic carbocycles. The standard InChI is InChI=1S/C14H22FN.C9H12N2.C4H8.C4H9.CH5N.Al.O/c1-4-6-9-12-11(5-2)8-7-10-13(12)14(3,15)16;1-6(2)8-4-7(3)5-11-9(8)10;1-4(2)3;1-3-4-2;1-2;;/h7-8,10H,4-6,9,16H2,1-3H3;4-5H,1H2,2-3H3,(H2,10,11);1H2,2-3H3;1,3-4H2,2H3;2H2,1H3;;. The molecule has 1 atom stereocenters. The summed E-state index contributed by atoms with van der Waals surface area (Å²) in [6.45, 7) is 23.0. The zero-order valence-electron chi connectivity index (χ0n) is 26.3. The Kier molecular flexibility index (Phi) is 26.3. The van der Waals surface area contributed by atoms with E-state index in [9.17, 15) is 8.19 Å². The largest absolute Gasteiger partial charge is 0.333 e. The van der Waals surface area contributed by atoms with E-state index in [0.717, 1.165) is 59.7 Å². The van der Waals surface area contributed by atoms with Crippen LogP contribution >= 0.6 is 0 Å². The fraction of sp³-hybridized carbons (Fsp3) is 0.531. The Morgan fingerprint density at radius 3 is 1.97 bits per heavy atom. The Bertz CT molecular complexity index is 952. The number of alkyl halides is 1. The molecule has 0 fully saturated rings. The van der Waals surface area contributed by atoms with E-state index in [1.165, 1.54) is 31.5 Å². The zero-order chi connectivity index (χ0) is 31.0. The summed E-state index contributed by atoms with van der Waals surface area (Å²) in [6, 6.07) is 7.77. The van der Waals surface area contributed by atoms with Crippen molar-refractivity contribution in [2.24, 2.45) is 11.5 Å². The van der Waals surface area contributed by atoms with Crippen molar-refractivity contribution in [3.05, 3.63) is 77.0 Å². The third kappa shape index (κ3) is 21.3. The predicted molar refractivity (Wildman–Crippen MR) is 172 cm³/mol. The second kappa shape index (κ2) is 24.8. The first-order chi connectivity index (χ1) is 18.3. The molecule has 0 saturated heterocycles. The van der Waals surface area contributed by atoms with Crippen molar-refractivity contribution in [3.63, 3.8) is 0 Å². The number of nitrogens with two attached hydrogens (primary N) is 3. The van der Waals surface area contributed by atoms with Crippen LogP contribution in [0.15, 0.2) is 49.2 Å². The van der Waals surface area contributed by atoms with Crippen LogP contribution in [0.2, 0.25) is 5.28 Å². The van der Waals surface area contributed by atoms with Crippen LogP contribution in [0.25, 0.3) is 5.57 Å². The van der Waals surface area contributed by atoms with Gasteiger partial charge in [-0.3, -0.25) is 5.73 Å². The van der Waals surface area contributed by atoms with Gasteiger partial charge in [0.1, 0.15) is 5.82 Å². The monoisotopic (exact) mass is 558 g/mol. The minimum Gasteiger partial charge on any atom is -0.333 e. The number of halogens is 1. The molecule has 1 unspecified atom stereocenters. The Morgan fingerprint density at radius 1 is 1.08 bits per heavy atom. The fourth-order valence-electron chi connectivity index (χ4n) is 3.28. The van der Waals surface area contributed by atoms with Gasteiger partial charge in [-0.2, -0.15) is 0 Å². The molecular formula is C32H56AlFN4O. The third-order valence-corrected chi connectivity index (χ3v) is 5.80. The van der Waals surface area contributed by atoms with Crippen LogP contribution in [0.1, 0.15) is 102 Å². The topological polar surface area (TPSA) is 108 Å². The van der Waals surface area contributed by atoms with E-state index in [1.807, 2.05) is 45.9 Å². The molecule has 5 nitrogen and oxygen atoms in total. The average molecular weight is 559 g/mol. The molecule has 1 aromatic carbocycles. The number of benzene rings is 1. The molecule has 39 heavy (non-hydrogen) atoms. The van der Waals surface area contributed by atoms with E-state index >= 15 is 0 Å². The van der Waals surface area contributed by atoms with Gasteiger partial charge in [0, 0.05) is 17.3 Å². The molecular weight excluding hydrogens is 502 g/mol. The number of allylic oxidation sites excluding steroid dienone is 2. The quantitative estimate of drug-likeness (QED) is 0.125. The molecule has 6 N–H and O–H groups in total. The van der Waals surface area contributed by atoms with Gasteiger partial charge >= 0.3 is 44.0 Å². The third-order valence-electron chi connectivity index (χ3n) is 5.15. The molecule has 1 heterocycles. The first kappa shape index (κ1) is 41.3. The summed E-state index contributed by atoms with van der Waals surface area (Å²) in [4.78, 5) is 4.02. The van der Waals surface area contributed by atoms with Crippen LogP contribution in [0.5, 0.6) is 0 Å². The summed E-state index contributed by atoms with van der Waals surface area (Å²) in [6.07, 6.45) is 8.12. The first-order valence-electron chi connectivity index (χ1n) is 13.9. The smallest absolute Gasteiger partial charge is 0.0195 e. The van der Waals surface area contributed by atoms with Gasteiger partial charge in [0.15, 0.2) is 5.79 Å². The molecule has 2 aromatic rings. The minimum absolute atomic E-state index is 0.466. The van der Waals surface area contributed by atoms with Gasteiger partial charge in [-0.15, -0.1) is 6.58 Å². The molecule has 0 bridgehead atoms. The molecule has 0 aliphatic heterocycles. The maximum atomic E-state index is 13.9. The van der Waals surface area contributed by atoms with Crippen LogP contribution < -0.4 is 17.2 Å². The molecule has 0 saturated carbocycles. The molecule has 220 valence electrons. The van der Waals surface area contributed by atoms with Gasteiger partial charge < -0.3 is 11.5 Å². The molecule has 0 amide bonds. The molecule has 0 aliphatic rings. The van der Waals surface area contributed by atoms with Crippen LogP contribution in [0.4, 0.5) is 10.2 Å². The van der Waals surface area contributed by atoms with Crippen molar-refractivity contribution >= 4 is 26.5 Å². The Hall–Kier alpha value is -2.17. The van der Waals surface area contributed by atoms with Gasteiger partial charge in [0.05, 0.1) is 0 Å². The number of aromatic nitrogens is 1. The summed E-state index contributed by atoms with van der Waals surface area (Å²) in [5.74, 6) is -1.17. The van der Waals surface area contributed by atoms with E-state index < -0.39 is 20.9 Å². The van der Waals surface area contributed by atoms with E-state index in [0.29, 0.717) is 11.4 Å². The number of nitrogens with zero attached hydrogens (tertiary/aromatic N) is 1. The van der Waals surface area contributed by atoms with E-state index in [4.69, 9.17) is 11.5 Å². The van der Waals surface area contributed by atoms with Crippen molar-refractivity contribution in [3.8, 4) is 0 Å². The van der Waals surface area contributed by atoms with E-state index in [-0.39, 0.29) is 0 Å². The molecule has 2 rings (SSSR count). The number of rotatable bonds is 9. The van der Waals surface area contributed by atoms with E-state index in [2.05, 4.69) is 50.7 Å². The molecule has 0 radical (unpaired) electrons. The Labute approximate surface area is 245 Å². The number of unbranched alkanes of at least 4 members (excludes halogenated alkanes) is 2.